The molecule has 1 amide bonds. The number of anilines is 1. The molecule has 0 atom stereocenters. The number of carbonyl (C=O) groups excluding carboxylic acids is 1. The Hall–Kier alpha value is -3.38. The van der Waals surface area contributed by atoms with Crippen LogP contribution in [0.2, 0.25) is 0 Å². The fraction of sp³-hybridized carbons (Fsp3) is 0.167. The van der Waals surface area contributed by atoms with Gasteiger partial charge in [0.05, 0.1) is 16.8 Å². The molecule has 27 heavy (non-hydrogen) atoms. The second-order valence-electron chi connectivity index (χ2n) is 5.93. The van der Waals surface area contributed by atoms with Crippen molar-refractivity contribution in [1.29, 1.82) is 5.26 Å². The van der Waals surface area contributed by atoms with Gasteiger partial charge in [-0.1, -0.05) is 23.4 Å². The van der Waals surface area contributed by atoms with Crippen LogP contribution in [0.3, 0.4) is 0 Å². The summed E-state index contributed by atoms with van der Waals surface area (Å²) in [6, 6.07) is 7.83. The molecule has 0 aliphatic carbocycles. The van der Waals surface area contributed by atoms with E-state index in [-0.39, 0.29) is 11.4 Å². The Morgan fingerprint density at radius 2 is 2.07 bits per heavy atom. The van der Waals surface area contributed by atoms with Crippen LogP contribution in [0.4, 0.5) is 5.69 Å². The molecule has 0 spiro atoms. The van der Waals surface area contributed by atoms with Gasteiger partial charge in [0.15, 0.2) is 0 Å². The number of nitriles is 1. The van der Waals surface area contributed by atoms with Gasteiger partial charge in [-0.05, 0) is 31.5 Å². The lowest BCUT2D eigenvalue weighted by molar-refractivity contribution is -0.113. The zero-order valence-electron chi connectivity index (χ0n) is 14.5. The first kappa shape index (κ1) is 18.4. The van der Waals surface area contributed by atoms with Crippen LogP contribution in [-0.4, -0.2) is 26.6 Å². The number of hydrogen-bond acceptors (Lipinski definition) is 6. The summed E-state index contributed by atoms with van der Waals surface area (Å²) in [5.74, 6) is -0.500. The lowest BCUT2D eigenvalue weighted by atomic mass is 10.1. The number of aryl methyl sites for hydroxylation is 2. The summed E-state index contributed by atoms with van der Waals surface area (Å²) in [4.78, 5) is 43.6. The summed E-state index contributed by atoms with van der Waals surface area (Å²) >= 11 is 1.11. The van der Waals surface area contributed by atoms with Gasteiger partial charge in [-0.25, -0.2) is 9.78 Å². The largest absolute Gasteiger partial charge is 0.325 e. The van der Waals surface area contributed by atoms with Crippen LogP contribution in [0.5, 0.6) is 0 Å². The van der Waals surface area contributed by atoms with Crippen LogP contribution in [0.25, 0.3) is 10.9 Å². The standard InChI is InChI=1S/C18H15N5O3S/c1-9-3-10(2)15-11(4-9)5-12(6-19)17(22-15)27-8-14(24)21-13-7-20-18(26)23-16(13)25/h3-5,7H,8H2,1-2H3,(H,21,24)(H2,20,23,25,26). The number of rotatable bonds is 4. The molecule has 3 rings (SSSR count). The lowest BCUT2D eigenvalue weighted by Gasteiger charge is -2.09. The number of thioether (sulfide) groups is 1. The van der Waals surface area contributed by atoms with Crippen LogP contribution in [0, 0.1) is 25.2 Å². The van der Waals surface area contributed by atoms with Crippen molar-refractivity contribution in [2.75, 3.05) is 11.1 Å². The van der Waals surface area contributed by atoms with Crippen molar-refractivity contribution in [2.45, 2.75) is 18.9 Å². The maximum atomic E-state index is 12.1. The van der Waals surface area contributed by atoms with E-state index in [0.717, 1.165) is 40.0 Å². The minimum atomic E-state index is -0.690. The number of carbonyl (C=O) groups is 1. The molecule has 0 saturated heterocycles. The van der Waals surface area contributed by atoms with Crippen LogP contribution >= 0.6 is 11.8 Å². The Balaban J connectivity index is 1.81. The van der Waals surface area contributed by atoms with Gasteiger partial charge in [0.1, 0.15) is 16.8 Å². The SMILES string of the molecule is Cc1cc(C)c2nc(SCC(=O)Nc3c[nH]c(=O)[nH]c3=O)c(C#N)cc2c1. The van der Waals surface area contributed by atoms with Gasteiger partial charge in [-0.2, -0.15) is 5.26 Å². The van der Waals surface area contributed by atoms with Crippen molar-refractivity contribution < 1.29 is 4.79 Å². The second kappa shape index (κ2) is 7.47. The Morgan fingerprint density at radius 1 is 1.30 bits per heavy atom. The van der Waals surface area contributed by atoms with Crippen molar-refractivity contribution in [2.24, 2.45) is 0 Å². The normalized spacial score (nSPS) is 10.6. The third-order valence-electron chi connectivity index (χ3n) is 3.77. The number of aromatic amines is 2. The van der Waals surface area contributed by atoms with E-state index in [1.165, 1.54) is 0 Å². The molecule has 3 aromatic rings. The topological polar surface area (TPSA) is 131 Å². The molecule has 136 valence electrons. The van der Waals surface area contributed by atoms with Gasteiger partial charge in [0.25, 0.3) is 5.56 Å². The van der Waals surface area contributed by atoms with Crippen LogP contribution in [0.1, 0.15) is 16.7 Å². The molecule has 0 aliphatic rings. The predicted molar refractivity (Wildman–Crippen MR) is 103 cm³/mol. The van der Waals surface area contributed by atoms with Crippen molar-refractivity contribution in [3.05, 3.63) is 61.9 Å². The molecule has 2 heterocycles. The highest BCUT2D eigenvalue weighted by Crippen LogP contribution is 2.27. The molecule has 0 fully saturated rings. The van der Waals surface area contributed by atoms with Crippen LogP contribution in [-0.2, 0) is 4.79 Å². The fourth-order valence-corrected chi connectivity index (χ4v) is 3.40. The van der Waals surface area contributed by atoms with E-state index >= 15 is 0 Å². The summed E-state index contributed by atoms with van der Waals surface area (Å²) in [6.07, 6.45) is 1.13. The Kier molecular flexibility index (Phi) is 5.09. The number of nitrogens with zero attached hydrogens (tertiary/aromatic N) is 2. The monoisotopic (exact) mass is 381 g/mol. The minimum absolute atomic E-state index is 0.0450. The molecule has 9 heteroatoms. The van der Waals surface area contributed by atoms with Crippen molar-refractivity contribution in [1.82, 2.24) is 15.0 Å². The van der Waals surface area contributed by atoms with E-state index in [2.05, 4.69) is 21.4 Å². The van der Waals surface area contributed by atoms with Crippen molar-refractivity contribution >= 4 is 34.3 Å². The molecule has 0 saturated carbocycles. The summed E-state index contributed by atoms with van der Waals surface area (Å²) < 4.78 is 0. The molecule has 0 aliphatic heterocycles. The molecule has 0 radical (unpaired) electrons. The Bertz CT molecular complexity index is 1210. The highest BCUT2D eigenvalue weighted by atomic mass is 32.2. The predicted octanol–water partition coefficient (Wildman–Crippen LogP) is 1.83. The average Bonchev–Trinajstić information content (AvgIpc) is 2.61. The number of benzene rings is 1. The Labute approximate surface area is 157 Å². The van der Waals surface area contributed by atoms with E-state index in [4.69, 9.17) is 0 Å². The van der Waals surface area contributed by atoms with E-state index in [1.807, 2.05) is 31.0 Å². The number of pyridine rings is 1. The highest BCUT2D eigenvalue weighted by molar-refractivity contribution is 8.00. The number of fused-ring (bicyclic) bond motifs is 1. The first-order chi connectivity index (χ1) is 12.9. The summed E-state index contributed by atoms with van der Waals surface area (Å²) in [5, 5.41) is 13.1. The van der Waals surface area contributed by atoms with Gasteiger partial charge >= 0.3 is 5.69 Å². The molecular formula is C18H15N5O3S. The first-order valence-corrected chi connectivity index (χ1v) is 8.92. The fourth-order valence-electron chi connectivity index (χ4n) is 2.65. The molecule has 1 aromatic carbocycles. The van der Waals surface area contributed by atoms with E-state index < -0.39 is 17.2 Å². The van der Waals surface area contributed by atoms with Gasteiger partial charge in [0.2, 0.25) is 5.91 Å². The van der Waals surface area contributed by atoms with Crippen LogP contribution in [0.15, 0.2) is 39.0 Å². The van der Waals surface area contributed by atoms with Gasteiger partial charge < -0.3 is 10.3 Å². The molecule has 3 N–H and O–H groups in total. The third-order valence-corrected chi connectivity index (χ3v) is 4.76. The molecule has 0 unspecified atom stereocenters. The Morgan fingerprint density at radius 3 is 2.78 bits per heavy atom. The van der Waals surface area contributed by atoms with Crippen molar-refractivity contribution in [3.8, 4) is 6.07 Å². The first-order valence-electron chi connectivity index (χ1n) is 7.94. The third kappa shape index (κ3) is 4.07. The smallest absolute Gasteiger partial charge is 0.320 e. The molecule has 8 nitrogen and oxygen atoms in total. The van der Waals surface area contributed by atoms with E-state index in [0.29, 0.717) is 10.6 Å². The van der Waals surface area contributed by atoms with Crippen LogP contribution < -0.4 is 16.6 Å². The molecular weight excluding hydrogens is 366 g/mol. The number of hydrogen-bond donors (Lipinski definition) is 3. The maximum Gasteiger partial charge on any atom is 0.325 e. The summed E-state index contributed by atoms with van der Waals surface area (Å²) in [6.45, 7) is 3.92. The van der Waals surface area contributed by atoms with Gasteiger partial charge in [-0.3, -0.25) is 14.6 Å². The quantitative estimate of drug-likeness (QED) is 0.591. The summed E-state index contributed by atoms with van der Waals surface area (Å²) in [5.41, 5.74) is 1.82. The second-order valence-corrected chi connectivity index (χ2v) is 6.89. The van der Waals surface area contributed by atoms with Gasteiger partial charge in [0, 0.05) is 11.6 Å². The lowest BCUT2D eigenvalue weighted by Crippen LogP contribution is -2.27. The summed E-state index contributed by atoms with van der Waals surface area (Å²) in [7, 11) is 0. The minimum Gasteiger partial charge on any atom is -0.320 e. The number of aromatic nitrogens is 3. The molecule has 0 bridgehead atoms. The zero-order chi connectivity index (χ0) is 19.6. The van der Waals surface area contributed by atoms with E-state index in [1.54, 1.807) is 6.07 Å². The van der Waals surface area contributed by atoms with Crippen molar-refractivity contribution in [3.63, 3.8) is 0 Å². The maximum absolute atomic E-state index is 12.1. The highest BCUT2D eigenvalue weighted by Gasteiger charge is 2.13. The number of nitrogens with one attached hydrogen (secondary N) is 3. The van der Waals surface area contributed by atoms with E-state index in [9.17, 15) is 19.6 Å². The zero-order valence-corrected chi connectivity index (χ0v) is 15.4. The number of H-pyrrole nitrogens is 2. The number of amides is 1. The van der Waals surface area contributed by atoms with Gasteiger partial charge in [-0.15, -0.1) is 0 Å². The molecule has 2 aromatic heterocycles. The average molecular weight is 381 g/mol.